The zero-order chi connectivity index (χ0) is 27.5. The maximum Gasteiger partial charge on any atom is 0.288 e. The summed E-state index contributed by atoms with van der Waals surface area (Å²) in [4.78, 5) is 16.6. The second-order valence-corrected chi connectivity index (χ2v) is 8.71. The summed E-state index contributed by atoms with van der Waals surface area (Å²) < 4.78 is 22.2. The number of aromatic nitrogens is 1. The van der Waals surface area contributed by atoms with Crippen molar-refractivity contribution in [1.29, 1.82) is 0 Å². The first kappa shape index (κ1) is 25.5. The molecule has 4 aromatic carbocycles. The molecule has 1 heterocycles. The number of hydrogen-bond acceptors (Lipinski definition) is 7. The molecule has 39 heavy (non-hydrogen) atoms. The lowest BCUT2D eigenvalue weighted by Crippen LogP contribution is -1.99. The molecule has 0 aliphatic heterocycles. The molecule has 0 fully saturated rings. The Labute approximate surface area is 225 Å². The van der Waals surface area contributed by atoms with Crippen molar-refractivity contribution >= 4 is 16.6 Å². The van der Waals surface area contributed by atoms with Crippen molar-refractivity contribution in [2.75, 3.05) is 28.4 Å². The molecule has 0 atom stereocenters. The molecule has 0 spiro atoms. The maximum absolute atomic E-state index is 12.4. The van der Waals surface area contributed by atoms with Gasteiger partial charge in [-0.3, -0.25) is 15.1 Å². The van der Waals surface area contributed by atoms with Crippen molar-refractivity contribution < 1.29 is 23.9 Å². The summed E-state index contributed by atoms with van der Waals surface area (Å²) >= 11 is 0. The smallest absolute Gasteiger partial charge is 0.288 e. The molecular formula is C31H26N2O6. The van der Waals surface area contributed by atoms with Crippen LogP contribution in [0.25, 0.3) is 44.3 Å². The first-order chi connectivity index (χ1) is 19.0. The lowest BCUT2D eigenvalue weighted by molar-refractivity contribution is -0.382. The minimum absolute atomic E-state index is 0.0999. The Hall–Kier alpha value is -5.11. The second-order valence-electron chi connectivity index (χ2n) is 8.71. The summed E-state index contributed by atoms with van der Waals surface area (Å²) in [5.74, 6) is 1.77. The van der Waals surface area contributed by atoms with E-state index < -0.39 is 4.92 Å². The first-order valence-corrected chi connectivity index (χ1v) is 12.1. The number of methoxy groups -OCH3 is 4. The van der Waals surface area contributed by atoms with Gasteiger partial charge in [0.1, 0.15) is 0 Å². The normalized spacial score (nSPS) is 10.8. The number of pyridine rings is 1. The maximum atomic E-state index is 12.4. The largest absolute Gasteiger partial charge is 0.493 e. The fraction of sp³-hybridized carbons (Fsp3) is 0.129. The van der Waals surface area contributed by atoms with Crippen LogP contribution in [0.15, 0.2) is 85.1 Å². The minimum atomic E-state index is -0.405. The van der Waals surface area contributed by atoms with Crippen LogP contribution in [0.2, 0.25) is 0 Å². The van der Waals surface area contributed by atoms with Crippen LogP contribution in [0, 0.1) is 10.1 Å². The van der Waals surface area contributed by atoms with E-state index >= 15 is 0 Å². The van der Waals surface area contributed by atoms with Gasteiger partial charge in [0.2, 0.25) is 0 Å². The molecule has 0 aliphatic rings. The molecule has 8 nitrogen and oxygen atoms in total. The second kappa shape index (κ2) is 10.7. The van der Waals surface area contributed by atoms with Crippen LogP contribution in [0.5, 0.6) is 23.0 Å². The quantitative estimate of drug-likeness (QED) is 0.157. The molecule has 0 amide bonds. The van der Waals surface area contributed by atoms with Gasteiger partial charge in [0, 0.05) is 23.9 Å². The summed E-state index contributed by atoms with van der Waals surface area (Å²) in [7, 11) is 6.10. The van der Waals surface area contributed by atoms with E-state index in [1.54, 1.807) is 25.3 Å². The Balaban J connectivity index is 1.76. The van der Waals surface area contributed by atoms with Gasteiger partial charge in [-0.25, -0.2) is 0 Å². The monoisotopic (exact) mass is 522 g/mol. The van der Waals surface area contributed by atoms with Crippen molar-refractivity contribution in [2.24, 2.45) is 0 Å². The number of benzene rings is 4. The fourth-order valence-corrected chi connectivity index (χ4v) is 4.74. The van der Waals surface area contributed by atoms with Crippen LogP contribution >= 0.6 is 0 Å². The van der Waals surface area contributed by atoms with Crippen LogP contribution in [0.3, 0.4) is 0 Å². The Morgan fingerprint density at radius 1 is 0.641 bits per heavy atom. The summed E-state index contributed by atoms with van der Waals surface area (Å²) in [6.07, 6.45) is 1.50. The van der Waals surface area contributed by atoms with E-state index in [0.29, 0.717) is 45.0 Å². The topological polar surface area (TPSA) is 93.0 Å². The van der Waals surface area contributed by atoms with E-state index in [2.05, 4.69) is 11.1 Å². The molecule has 0 unspecified atom stereocenters. The first-order valence-electron chi connectivity index (χ1n) is 12.1. The van der Waals surface area contributed by atoms with E-state index in [0.717, 1.165) is 22.3 Å². The van der Waals surface area contributed by atoms with Crippen molar-refractivity contribution in [3.05, 3.63) is 95.2 Å². The van der Waals surface area contributed by atoms with Crippen molar-refractivity contribution in [2.45, 2.75) is 0 Å². The third-order valence-corrected chi connectivity index (χ3v) is 6.60. The predicted octanol–water partition coefficient (Wildman–Crippen LogP) is 7.18. The van der Waals surface area contributed by atoms with Crippen molar-refractivity contribution in [1.82, 2.24) is 4.98 Å². The molecule has 0 saturated carbocycles. The van der Waals surface area contributed by atoms with Gasteiger partial charge < -0.3 is 18.9 Å². The highest BCUT2D eigenvalue weighted by Crippen LogP contribution is 2.46. The number of nitro groups is 1. The van der Waals surface area contributed by atoms with Crippen LogP contribution in [-0.4, -0.2) is 38.3 Å². The number of fused-ring (bicyclic) bond motifs is 1. The Morgan fingerprint density at radius 3 is 1.97 bits per heavy atom. The van der Waals surface area contributed by atoms with Gasteiger partial charge in [0.05, 0.1) is 49.8 Å². The lowest BCUT2D eigenvalue weighted by atomic mass is 9.94. The minimum Gasteiger partial charge on any atom is -0.493 e. The third kappa shape index (κ3) is 4.68. The molecule has 5 aromatic rings. The third-order valence-electron chi connectivity index (χ3n) is 6.60. The number of ether oxygens (including phenoxy) is 4. The van der Waals surface area contributed by atoms with Crippen LogP contribution < -0.4 is 18.9 Å². The SMILES string of the molecule is COc1cc2ncc(-c3cc(OC)c(OC)c(-c4cccc(-c5ccccc5)c4)c3)c([N+](=O)[O-])c2cc1OC. The standard InChI is InChI=1S/C31H26N2O6/c1-36-27-16-24-26(17-28(27)37-2)32-18-25(30(24)33(34)35)22-14-23(31(39-4)29(15-22)38-3)21-12-8-11-20(13-21)19-9-6-5-7-10-19/h5-18H,1-4H3. The Kier molecular flexibility index (Phi) is 7.01. The van der Waals surface area contributed by atoms with Gasteiger partial charge >= 0.3 is 0 Å². The molecule has 0 radical (unpaired) electrons. The lowest BCUT2D eigenvalue weighted by Gasteiger charge is -2.17. The van der Waals surface area contributed by atoms with Gasteiger partial charge in [0.25, 0.3) is 5.69 Å². The molecule has 0 aliphatic carbocycles. The molecule has 5 rings (SSSR count). The van der Waals surface area contributed by atoms with Gasteiger partial charge in [-0.1, -0.05) is 48.5 Å². The summed E-state index contributed by atoms with van der Waals surface area (Å²) in [6.45, 7) is 0. The molecule has 0 N–H and O–H groups in total. The van der Waals surface area contributed by atoms with Crippen LogP contribution in [0.1, 0.15) is 0 Å². The Morgan fingerprint density at radius 2 is 1.31 bits per heavy atom. The number of nitrogens with zero attached hydrogens (tertiary/aromatic N) is 2. The van der Waals surface area contributed by atoms with Crippen LogP contribution in [-0.2, 0) is 0 Å². The molecule has 0 bridgehead atoms. The van der Waals surface area contributed by atoms with E-state index in [4.69, 9.17) is 18.9 Å². The van der Waals surface area contributed by atoms with Gasteiger partial charge in [-0.15, -0.1) is 0 Å². The Bertz CT molecular complexity index is 1680. The van der Waals surface area contributed by atoms with E-state index in [1.165, 1.54) is 27.5 Å². The molecule has 8 heteroatoms. The summed E-state index contributed by atoms with van der Waals surface area (Å²) in [5.41, 5.74) is 4.91. The zero-order valence-electron chi connectivity index (χ0n) is 21.9. The molecule has 1 aromatic heterocycles. The fourth-order valence-electron chi connectivity index (χ4n) is 4.74. The highest BCUT2D eigenvalue weighted by atomic mass is 16.6. The van der Waals surface area contributed by atoms with Gasteiger partial charge in [-0.05, 0) is 40.5 Å². The summed E-state index contributed by atoms with van der Waals surface area (Å²) in [6, 6.07) is 24.9. The van der Waals surface area contributed by atoms with Crippen molar-refractivity contribution in [3.63, 3.8) is 0 Å². The van der Waals surface area contributed by atoms with Crippen molar-refractivity contribution in [3.8, 4) is 56.4 Å². The zero-order valence-corrected chi connectivity index (χ0v) is 21.9. The van der Waals surface area contributed by atoms with Crippen LogP contribution in [0.4, 0.5) is 5.69 Å². The highest BCUT2D eigenvalue weighted by Gasteiger charge is 2.25. The van der Waals surface area contributed by atoms with E-state index in [9.17, 15) is 10.1 Å². The number of hydrogen-bond donors (Lipinski definition) is 0. The molecule has 196 valence electrons. The van der Waals surface area contributed by atoms with Gasteiger partial charge in [-0.2, -0.15) is 0 Å². The molecular weight excluding hydrogens is 496 g/mol. The number of rotatable bonds is 8. The predicted molar refractivity (Wildman–Crippen MR) is 151 cm³/mol. The summed E-state index contributed by atoms with van der Waals surface area (Å²) in [5, 5.41) is 12.8. The van der Waals surface area contributed by atoms with Gasteiger partial charge in [0.15, 0.2) is 23.0 Å². The highest BCUT2D eigenvalue weighted by molar-refractivity contribution is 5.98. The average Bonchev–Trinajstić information content (AvgIpc) is 2.99. The van der Waals surface area contributed by atoms with E-state index in [1.807, 2.05) is 54.6 Å². The molecule has 0 saturated heterocycles. The van der Waals surface area contributed by atoms with E-state index in [-0.39, 0.29) is 5.69 Å². The average molecular weight is 523 g/mol.